The fourth-order valence-electron chi connectivity index (χ4n) is 1.74. The fraction of sp³-hybridized carbons (Fsp3) is 0.643. The number of carbonyl (C=O) groups excluding carboxylic acids is 1. The van der Waals surface area contributed by atoms with Crippen LogP contribution < -0.4 is 11.1 Å². The maximum absolute atomic E-state index is 11.9. The maximum atomic E-state index is 11.9. The molecule has 1 amide bonds. The molecule has 102 valence electrons. The highest BCUT2D eigenvalue weighted by molar-refractivity contribution is 5.76. The first-order chi connectivity index (χ1) is 8.27. The molecule has 1 aromatic heterocycles. The van der Waals surface area contributed by atoms with Crippen LogP contribution in [0.2, 0.25) is 0 Å². The molecule has 0 saturated carbocycles. The molecule has 0 fully saturated rings. The van der Waals surface area contributed by atoms with Crippen molar-refractivity contribution in [1.29, 1.82) is 0 Å². The third-order valence-electron chi connectivity index (χ3n) is 3.30. The molecule has 0 bridgehead atoms. The van der Waals surface area contributed by atoms with Crippen molar-refractivity contribution >= 4 is 5.91 Å². The van der Waals surface area contributed by atoms with Gasteiger partial charge < -0.3 is 16.0 Å². The molecule has 0 aromatic carbocycles. The summed E-state index contributed by atoms with van der Waals surface area (Å²) in [7, 11) is 0. The zero-order valence-corrected chi connectivity index (χ0v) is 11.8. The molecule has 1 rings (SSSR count). The minimum absolute atomic E-state index is 0.0639. The zero-order chi connectivity index (χ0) is 13.8. The van der Waals surface area contributed by atoms with Crippen LogP contribution in [0.4, 0.5) is 0 Å². The summed E-state index contributed by atoms with van der Waals surface area (Å²) in [5, 5.41) is 2.99. The van der Waals surface area contributed by atoms with Crippen LogP contribution in [0, 0.1) is 5.41 Å². The van der Waals surface area contributed by atoms with Gasteiger partial charge in [0.05, 0.1) is 0 Å². The van der Waals surface area contributed by atoms with Crippen LogP contribution in [0.25, 0.3) is 0 Å². The second kappa shape index (κ2) is 5.57. The summed E-state index contributed by atoms with van der Waals surface area (Å²) in [5.41, 5.74) is 6.62. The molecule has 4 nitrogen and oxygen atoms in total. The summed E-state index contributed by atoms with van der Waals surface area (Å²) >= 11 is 0. The van der Waals surface area contributed by atoms with Gasteiger partial charge in [-0.3, -0.25) is 4.79 Å². The second-order valence-corrected chi connectivity index (χ2v) is 6.31. The van der Waals surface area contributed by atoms with Gasteiger partial charge in [-0.2, -0.15) is 0 Å². The van der Waals surface area contributed by atoms with E-state index in [1.54, 1.807) is 0 Å². The van der Waals surface area contributed by atoms with Crippen LogP contribution in [-0.2, 0) is 10.2 Å². The fourth-order valence-corrected chi connectivity index (χ4v) is 1.74. The molecule has 4 heteroatoms. The van der Waals surface area contributed by atoms with E-state index < -0.39 is 0 Å². The number of nitrogens with one attached hydrogen (secondary N) is 2. The Labute approximate surface area is 109 Å². The summed E-state index contributed by atoms with van der Waals surface area (Å²) in [6.07, 6.45) is 4.33. The molecule has 0 atom stereocenters. The van der Waals surface area contributed by atoms with Crippen molar-refractivity contribution in [2.45, 2.75) is 39.5 Å². The molecule has 4 N–H and O–H groups in total. The van der Waals surface area contributed by atoms with E-state index >= 15 is 0 Å². The van der Waals surface area contributed by atoms with Crippen LogP contribution >= 0.6 is 0 Å². The molecule has 0 aliphatic heterocycles. The molecule has 0 unspecified atom stereocenters. The van der Waals surface area contributed by atoms with E-state index in [0.29, 0.717) is 19.5 Å². The van der Waals surface area contributed by atoms with Crippen molar-refractivity contribution in [3.8, 4) is 0 Å². The molecule has 0 radical (unpaired) electrons. The van der Waals surface area contributed by atoms with Crippen LogP contribution in [0.3, 0.4) is 0 Å². The number of hydrogen-bond acceptors (Lipinski definition) is 2. The number of rotatable bonds is 6. The van der Waals surface area contributed by atoms with Gasteiger partial charge in [0.15, 0.2) is 0 Å². The van der Waals surface area contributed by atoms with Gasteiger partial charge in [0, 0.05) is 30.8 Å². The maximum Gasteiger partial charge on any atom is 0.220 e. The topological polar surface area (TPSA) is 70.9 Å². The first-order valence-corrected chi connectivity index (χ1v) is 6.37. The Morgan fingerprint density at radius 2 is 2.06 bits per heavy atom. The second-order valence-electron chi connectivity index (χ2n) is 6.31. The predicted molar refractivity (Wildman–Crippen MR) is 74.3 cm³/mol. The molecule has 18 heavy (non-hydrogen) atoms. The van der Waals surface area contributed by atoms with Crippen molar-refractivity contribution in [1.82, 2.24) is 10.3 Å². The van der Waals surface area contributed by atoms with Gasteiger partial charge >= 0.3 is 0 Å². The summed E-state index contributed by atoms with van der Waals surface area (Å²) in [4.78, 5) is 14.9. The van der Waals surface area contributed by atoms with Crippen LogP contribution in [0.15, 0.2) is 18.5 Å². The zero-order valence-electron chi connectivity index (χ0n) is 11.8. The number of nitrogens with two attached hydrogens (primary N) is 1. The minimum Gasteiger partial charge on any atom is -0.367 e. The summed E-state index contributed by atoms with van der Waals surface area (Å²) < 4.78 is 0. The molecule has 0 aliphatic rings. The number of aromatic amines is 1. The van der Waals surface area contributed by atoms with Gasteiger partial charge in [0.1, 0.15) is 0 Å². The first-order valence-electron chi connectivity index (χ1n) is 6.37. The standard InChI is InChI=1S/C14H25N3O/c1-13(2,9-15)7-12(18)17-10-14(3,4)11-5-6-16-8-11/h5-6,8,16H,7,9-10,15H2,1-4H3,(H,17,18). The Bertz CT molecular complexity index is 380. The average Bonchev–Trinajstić information content (AvgIpc) is 2.80. The Kier molecular flexibility index (Phi) is 4.57. The summed E-state index contributed by atoms with van der Waals surface area (Å²) in [6, 6.07) is 2.04. The Morgan fingerprint density at radius 3 is 2.56 bits per heavy atom. The minimum atomic E-state index is -0.137. The third kappa shape index (κ3) is 4.18. The number of carbonyl (C=O) groups is 1. The van der Waals surface area contributed by atoms with Gasteiger partial charge in [-0.05, 0) is 23.6 Å². The van der Waals surface area contributed by atoms with Gasteiger partial charge in [0.25, 0.3) is 0 Å². The highest BCUT2D eigenvalue weighted by Gasteiger charge is 2.24. The predicted octanol–water partition coefficient (Wildman–Crippen LogP) is 1.78. The van der Waals surface area contributed by atoms with E-state index in [2.05, 4.69) is 24.1 Å². The van der Waals surface area contributed by atoms with Crippen molar-refractivity contribution in [3.63, 3.8) is 0 Å². The molecular formula is C14H25N3O. The quantitative estimate of drug-likeness (QED) is 0.721. The lowest BCUT2D eigenvalue weighted by atomic mass is 9.85. The van der Waals surface area contributed by atoms with E-state index in [0.717, 1.165) is 0 Å². The van der Waals surface area contributed by atoms with E-state index in [4.69, 9.17) is 5.73 Å². The Morgan fingerprint density at radius 1 is 1.39 bits per heavy atom. The lowest BCUT2D eigenvalue weighted by molar-refractivity contribution is -0.123. The number of amides is 1. The van der Waals surface area contributed by atoms with E-state index in [1.165, 1.54) is 5.56 Å². The SMILES string of the molecule is CC(C)(CN)CC(=O)NCC(C)(C)c1cc[nH]c1. The molecule has 1 heterocycles. The van der Waals surface area contributed by atoms with Crippen molar-refractivity contribution < 1.29 is 4.79 Å². The Balaban J connectivity index is 2.48. The lowest BCUT2D eigenvalue weighted by Crippen LogP contribution is -2.39. The molecule has 0 aliphatic carbocycles. The third-order valence-corrected chi connectivity index (χ3v) is 3.30. The van der Waals surface area contributed by atoms with Crippen LogP contribution in [-0.4, -0.2) is 24.0 Å². The van der Waals surface area contributed by atoms with Gasteiger partial charge in [-0.1, -0.05) is 27.7 Å². The average molecular weight is 251 g/mol. The van der Waals surface area contributed by atoms with E-state index in [9.17, 15) is 4.79 Å². The number of H-pyrrole nitrogens is 1. The molecule has 0 saturated heterocycles. The van der Waals surface area contributed by atoms with Gasteiger partial charge in [-0.25, -0.2) is 0 Å². The van der Waals surface area contributed by atoms with Gasteiger partial charge in [-0.15, -0.1) is 0 Å². The number of hydrogen-bond donors (Lipinski definition) is 3. The smallest absolute Gasteiger partial charge is 0.220 e. The van der Waals surface area contributed by atoms with Crippen LogP contribution in [0.5, 0.6) is 0 Å². The first kappa shape index (κ1) is 14.8. The molecule has 1 aromatic rings. The Hall–Kier alpha value is -1.29. The highest BCUT2D eigenvalue weighted by atomic mass is 16.1. The summed E-state index contributed by atoms with van der Waals surface area (Å²) in [5.74, 6) is 0.0639. The van der Waals surface area contributed by atoms with Crippen molar-refractivity contribution in [2.75, 3.05) is 13.1 Å². The number of aromatic nitrogens is 1. The van der Waals surface area contributed by atoms with Crippen molar-refractivity contribution in [3.05, 3.63) is 24.0 Å². The molecule has 0 spiro atoms. The van der Waals surface area contributed by atoms with Crippen LogP contribution in [0.1, 0.15) is 39.7 Å². The highest BCUT2D eigenvalue weighted by Crippen LogP contribution is 2.22. The summed E-state index contributed by atoms with van der Waals surface area (Å²) in [6.45, 7) is 9.38. The van der Waals surface area contributed by atoms with E-state index in [-0.39, 0.29) is 16.7 Å². The monoisotopic (exact) mass is 251 g/mol. The molecular weight excluding hydrogens is 226 g/mol. The van der Waals surface area contributed by atoms with Crippen molar-refractivity contribution in [2.24, 2.45) is 11.1 Å². The largest absolute Gasteiger partial charge is 0.367 e. The normalized spacial score (nSPS) is 12.5. The van der Waals surface area contributed by atoms with Gasteiger partial charge in [0.2, 0.25) is 5.91 Å². The lowest BCUT2D eigenvalue weighted by Gasteiger charge is -2.26. The van der Waals surface area contributed by atoms with E-state index in [1.807, 2.05) is 32.3 Å².